The van der Waals surface area contributed by atoms with Crippen molar-refractivity contribution >= 4 is 6.09 Å². The van der Waals surface area contributed by atoms with Gasteiger partial charge in [0.25, 0.3) is 0 Å². The van der Waals surface area contributed by atoms with Gasteiger partial charge in [-0.2, -0.15) is 0 Å². The summed E-state index contributed by atoms with van der Waals surface area (Å²) in [6.07, 6.45) is 1.48. The van der Waals surface area contributed by atoms with Crippen LogP contribution in [0.3, 0.4) is 0 Å². The number of rotatable bonds is 1. The second kappa shape index (κ2) is 4.31. The van der Waals surface area contributed by atoms with E-state index in [-0.39, 0.29) is 12.1 Å². The number of tetrazole rings is 1. The van der Waals surface area contributed by atoms with Crippen LogP contribution in [0.5, 0.6) is 0 Å². The summed E-state index contributed by atoms with van der Waals surface area (Å²) in [5, 5.41) is 13.6. The number of nitrogens with one attached hydrogen (secondary N) is 1. The molecular weight excluding hydrogens is 222 g/mol. The Hall–Kier alpha value is -1.66. The second-order valence-corrected chi connectivity index (χ2v) is 5.12. The Labute approximate surface area is 99.5 Å². The number of aromatic amines is 1. The minimum Gasteiger partial charge on any atom is -0.444 e. The molecular formula is C10H17N5O2. The Balaban J connectivity index is 2.07. The van der Waals surface area contributed by atoms with Crippen LogP contribution in [0.4, 0.5) is 4.79 Å². The highest BCUT2D eigenvalue weighted by Crippen LogP contribution is 2.30. The molecule has 7 nitrogen and oxygen atoms in total. The average Bonchev–Trinajstić information content (AvgIpc) is 2.85. The quantitative estimate of drug-likeness (QED) is 0.797. The Kier molecular flexibility index (Phi) is 2.99. The number of H-pyrrole nitrogens is 1. The first kappa shape index (κ1) is 11.8. The van der Waals surface area contributed by atoms with Crippen molar-refractivity contribution in [3.8, 4) is 0 Å². The van der Waals surface area contributed by atoms with Crippen LogP contribution in [0.15, 0.2) is 0 Å². The highest BCUT2D eigenvalue weighted by Gasteiger charge is 2.34. The first-order valence-corrected chi connectivity index (χ1v) is 5.70. The van der Waals surface area contributed by atoms with Crippen molar-refractivity contribution in [2.45, 2.75) is 45.3 Å². The molecule has 1 aliphatic rings. The van der Waals surface area contributed by atoms with Crippen LogP contribution in [0.25, 0.3) is 0 Å². The Morgan fingerprint density at radius 2 is 2.29 bits per heavy atom. The predicted molar refractivity (Wildman–Crippen MR) is 59.1 cm³/mol. The standard InChI is InChI=1S/C10H17N5O2/c1-10(2,3)17-9(16)15-6-4-5-7(15)8-11-13-14-12-8/h7H,4-6H2,1-3H3,(H,11,12,13,14). The Bertz CT molecular complexity index is 384. The number of carbonyl (C=O) groups excluding carboxylic acids is 1. The summed E-state index contributed by atoms with van der Waals surface area (Å²) in [6, 6.07) is -0.0974. The predicted octanol–water partition coefficient (Wildman–Crippen LogP) is 1.27. The van der Waals surface area contributed by atoms with E-state index in [9.17, 15) is 4.79 Å². The fraction of sp³-hybridized carbons (Fsp3) is 0.800. The third-order valence-electron chi connectivity index (χ3n) is 2.56. The lowest BCUT2D eigenvalue weighted by molar-refractivity contribution is 0.0218. The number of ether oxygens (including phenoxy) is 1. The van der Waals surface area contributed by atoms with Crippen molar-refractivity contribution in [3.05, 3.63) is 5.82 Å². The lowest BCUT2D eigenvalue weighted by atomic mass is 10.2. The van der Waals surface area contributed by atoms with E-state index in [2.05, 4.69) is 20.6 Å². The topological polar surface area (TPSA) is 84.0 Å². The van der Waals surface area contributed by atoms with Crippen molar-refractivity contribution in [3.63, 3.8) is 0 Å². The highest BCUT2D eigenvalue weighted by atomic mass is 16.6. The van der Waals surface area contributed by atoms with E-state index in [1.807, 2.05) is 20.8 Å². The van der Waals surface area contributed by atoms with Crippen molar-refractivity contribution in [1.82, 2.24) is 25.5 Å². The summed E-state index contributed by atoms with van der Waals surface area (Å²) in [5.41, 5.74) is -0.482. The molecule has 2 heterocycles. The molecule has 1 amide bonds. The summed E-state index contributed by atoms with van der Waals surface area (Å²) in [4.78, 5) is 13.7. The first-order valence-electron chi connectivity index (χ1n) is 5.70. The average molecular weight is 239 g/mol. The van der Waals surface area contributed by atoms with E-state index < -0.39 is 5.60 Å². The van der Waals surface area contributed by atoms with Crippen LogP contribution in [0.1, 0.15) is 45.5 Å². The SMILES string of the molecule is CC(C)(C)OC(=O)N1CCCC1c1nnn[nH]1. The maximum atomic E-state index is 12.0. The molecule has 94 valence electrons. The van der Waals surface area contributed by atoms with Gasteiger partial charge in [0.05, 0.1) is 6.04 Å². The molecule has 1 aromatic rings. The van der Waals surface area contributed by atoms with Gasteiger partial charge in [-0.15, -0.1) is 5.10 Å². The molecule has 0 aliphatic carbocycles. The monoisotopic (exact) mass is 239 g/mol. The van der Waals surface area contributed by atoms with Crippen LogP contribution >= 0.6 is 0 Å². The molecule has 0 spiro atoms. The highest BCUT2D eigenvalue weighted by molar-refractivity contribution is 5.69. The maximum absolute atomic E-state index is 12.0. The molecule has 0 aromatic carbocycles. The lowest BCUT2D eigenvalue weighted by Crippen LogP contribution is -2.36. The van der Waals surface area contributed by atoms with Crippen molar-refractivity contribution in [1.29, 1.82) is 0 Å². The molecule has 1 aromatic heterocycles. The van der Waals surface area contributed by atoms with Gasteiger partial charge in [0.2, 0.25) is 0 Å². The Morgan fingerprint density at radius 1 is 1.53 bits per heavy atom. The van der Waals surface area contributed by atoms with E-state index in [4.69, 9.17) is 4.74 Å². The van der Waals surface area contributed by atoms with Gasteiger partial charge in [-0.3, -0.25) is 4.90 Å². The molecule has 0 saturated carbocycles. The van der Waals surface area contributed by atoms with Crippen LogP contribution in [-0.4, -0.2) is 43.8 Å². The van der Waals surface area contributed by atoms with Crippen molar-refractivity contribution in [2.75, 3.05) is 6.54 Å². The van der Waals surface area contributed by atoms with E-state index in [1.54, 1.807) is 4.90 Å². The molecule has 1 fully saturated rings. The normalized spacial score (nSPS) is 20.6. The minimum atomic E-state index is -0.482. The largest absolute Gasteiger partial charge is 0.444 e. The fourth-order valence-corrected chi connectivity index (χ4v) is 1.90. The summed E-state index contributed by atoms with van der Waals surface area (Å²) in [7, 11) is 0. The van der Waals surface area contributed by atoms with E-state index >= 15 is 0 Å². The van der Waals surface area contributed by atoms with Crippen LogP contribution in [0, 0.1) is 0 Å². The molecule has 1 unspecified atom stereocenters. The molecule has 7 heteroatoms. The van der Waals surface area contributed by atoms with E-state index in [0.29, 0.717) is 12.4 Å². The van der Waals surface area contributed by atoms with Gasteiger partial charge in [0.15, 0.2) is 5.82 Å². The summed E-state index contributed by atoms with van der Waals surface area (Å²) in [6.45, 7) is 6.24. The van der Waals surface area contributed by atoms with Crippen LogP contribution < -0.4 is 0 Å². The van der Waals surface area contributed by atoms with E-state index in [0.717, 1.165) is 12.8 Å². The molecule has 2 rings (SSSR count). The molecule has 0 radical (unpaired) electrons. The molecule has 0 bridgehead atoms. The van der Waals surface area contributed by atoms with Crippen LogP contribution in [-0.2, 0) is 4.74 Å². The van der Waals surface area contributed by atoms with Crippen molar-refractivity contribution < 1.29 is 9.53 Å². The van der Waals surface area contributed by atoms with Gasteiger partial charge < -0.3 is 4.74 Å². The third-order valence-corrected chi connectivity index (χ3v) is 2.56. The van der Waals surface area contributed by atoms with Crippen LogP contribution in [0.2, 0.25) is 0 Å². The number of hydrogen-bond acceptors (Lipinski definition) is 5. The summed E-state index contributed by atoms with van der Waals surface area (Å²) >= 11 is 0. The maximum Gasteiger partial charge on any atom is 0.410 e. The third kappa shape index (κ3) is 2.72. The smallest absolute Gasteiger partial charge is 0.410 e. The van der Waals surface area contributed by atoms with Gasteiger partial charge in [0.1, 0.15) is 5.60 Å². The number of hydrogen-bond donors (Lipinski definition) is 1. The van der Waals surface area contributed by atoms with E-state index in [1.165, 1.54) is 0 Å². The Morgan fingerprint density at radius 3 is 2.88 bits per heavy atom. The molecule has 17 heavy (non-hydrogen) atoms. The fourth-order valence-electron chi connectivity index (χ4n) is 1.90. The van der Waals surface area contributed by atoms with Gasteiger partial charge in [-0.25, -0.2) is 9.89 Å². The van der Waals surface area contributed by atoms with Gasteiger partial charge in [-0.1, -0.05) is 0 Å². The zero-order valence-corrected chi connectivity index (χ0v) is 10.3. The number of likely N-dealkylation sites (tertiary alicyclic amines) is 1. The lowest BCUT2D eigenvalue weighted by Gasteiger charge is -2.27. The van der Waals surface area contributed by atoms with Gasteiger partial charge in [-0.05, 0) is 44.0 Å². The molecule has 1 atom stereocenters. The second-order valence-electron chi connectivity index (χ2n) is 5.12. The summed E-state index contributed by atoms with van der Waals surface area (Å²) in [5.74, 6) is 0.619. The van der Waals surface area contributed by atoms with Gasteiger partial charge in [0, 0.05) is 6.54 Å². The first-order chi connectivity index (χ1) is 7.97. The van der Waals surface area contributed by atoms with Crippen molar-refractivity contribution in [2.24, 2.45) is 0 Å². The summed E-state index contributed by atoms with van der Waals surface area (Å²) < 4.78 is 5.35. The number of aromatic nitrogens is 4. The number of nitrogens with zero attached hydrogens (tertiary/aromatic N) is 4. The molecule has 1 saturated heterocycles. The van der Waals surface area contributed by atoms with Gasteiger partial charge >= 0.3 is 6.09 Å². The number of amides is 1. The molecule has 1 aliphatic heterocycles. The minimum absolute atomic E-state index is 0.0974. The zero-order chi connectivity index (χ0) is 12.5. The number of carbonyl (C=O) groups is 1. The molecule has 1 N–H and O–H groups in total. The zero-order valence-electron chi connectivity index (χ0n) is 10.3.